The van der Waals surface area contributed by atoms with Crippen molar-refractivity contribution in [3.63, 3.8) is 0 Å². The monoisotopic (exact) mass is 369 g/mol. The second kappa shape index (κ2) is 7.94. The number of hydrogen-bond donors (Lipinski definition) is 1. The second-order valence-electron chi connectivity index (χ2n) is 4.80. The van der Waals surface area contributed by atoms with Crippen LogP contribution in [0.5, 0.6) is 5.75 Å². The van der Waals surface area contributed by atoms with Crippen molar-refractivity contribution in [3.05, 3.63) is 50.1 Å². The maximum absolute atomic E-state index is 5.36. The van der Waals surface area contributed by atoms with Gasteiger partial charge in [-0.1, -0.05) is 6.07 Å². The van der Waals surface area contributed by atoms with Crippen LogP contribution in [-0.4, -0.2) is 14.2 Å². The number of benzene rings is 1. The van der Waals surface area contributed by atoms with Gasteiger partial charge in [0.15, 0.2) is 0 Å². The van der Waals surface area contributed by atoms with Gasteiger partial charge in [0.1, 0.15) is 5.75 Å². The van der Waals surface area contributed by atoms with Gasteiger partial charge in [-0.05, 0) is 52.0 Å². The molecular weight excluding hydrogens is 350 g/mol. The van der Waals surface area contributed by atoms with Crippen molar-refractivity contribution in [2.75, 3.05) is 14.2 Å². The highest BCUT2D eigenvalue weighted by molar-refractivity contribution is 9.10. The van der Waals surface area contributed by atoms with E-state index in [2.05, 4.69) is 51.7 Å². The molecule has 1 atom stereocenters. The Kier molecular flexibility index (Phi) is 6.23. The average Bonchev–Trinajstić information content (AvgIpc) is 2.90. The van der Waals surface area contributed by atoms with Gasteiger partial charge in [0, 0.05) is 34.6 Å². The molecule has 0 aliphatic heterocycles. The molecule has 1 aromatic heterocycles. The largest absolute Gasteiger partial charge is 0.496 e. The average molecular weight is 370 g/mol. The lowest BCUT2D eigenvalue weighted by molar-refractivity contribution is 0.181. The molecule has 1 aromatic carbocycles. The Bertz CT molecular complexity index is 585. The molecule has 1 heterocycles. The van der Waals surface area contributed by atoms with Gasteiger partial charge in [-0.25, -0.2) is 0 Å². The summed E-state index contributed by atoms with van der Waals surface area (Å²) in [7, 11) is 3.38. The minimum absolute atomic E-state index is 0.264. The summed E-state index contributed by atoms with van der Waals surface area (Å²) in [5.74, 6) is 0.869. The van der Waals surface area contributed by atoms with E-state index >= 15 is 0 Å². The highest BCUT2D eigenvalue weighted by Crippen LogP contribution is 2.26. The third-order valence-electron chi connectivity index (χ3n) is 3.36. The zero-order valence-electron chi connectivity index (χ0n) is 12.5. The summed E-state index contributed by atoms with van der Waals surface area (Å²) in [4.78, 5) is 1.31. The van der Waals surface area contributed by atoms with Crippen molar-refractivity contribution < 1.29 is 9.47 Å². The first-order valence-electron chi connectivity index (χ1n) is 6.76. The molecule has 1 unspecified atom stereocenters. The molecule has 0 aliphatic rings. The summed E-state index contributed by atoms with van der Waals surface area (Å²) >= 11 is 5.32. The topological polar surface area (TPSA) is 30.5 Å². The zero-order valence-corrected chi connectivity index (χ0v) is 14.9. The molecule has 114 valence electrons. The van der Waals surface area contributed by atoms with Crippen molar-refractivity contribution in [2.24, 2.45) is 0 Å². The fraction of sp³-hybridized carbons (Fsp3) is 0.375. The summed E-state index contributed by atoms with van der Waals surface area (Å²) in [5.41, 5.74) is 2.30. The lowest BCUT2D eigenvalue weighted by atomic mass is 10.0. The van der Waals surface area contributed by atoms with Crippen molar-refractivity contribution in [3.8, 4) is 5.75 Å². The van der Waals surface area contributed by atoms with E-state index in [1.165, 1.54) is 14.9 Å². The summed E-state index contributed by atoms with van der Waals surface area (Å²) in [5, 5.41) is 5.64. The van der Waals surface area contributed by atoms with E-state index in [9.17, 15) is 0 Å². The molecule has 0 amide bonds. The van der Waals surface area contributed by atoms with Crippen molar-refractivity contribution in [2.45, 2.75) is 26.1 Å². The van der Waals surface area contributed by atoms with E-state index in [0.717, 1.165) is 17.9 Å². The minimum Gasteiger partial charge on any atom is -0.496 e. The molecular formula is C16H20BrNO2S. The fourth-order valence-electron chi connectivity index (χ4n) is 2.15. The van der Waals surface area contributed by atoms with Crippen molar-refractivity contribution in [1.82, 2.24) is 5.32 Å². The number of nitrogens with one attached hydrogen (secondary N) is 1. The van der Waals surface area contributed by atoms with Crippen LogP contribution in [0.4, 0.5) is 0 Å². The Morgan fingerprint density at radius 2 is 2.10 bits per heavy atom. The maximum Gasteiger partial charge on any atom is 0.124 e. The quantitative estimate of drug-likeness (QED) is 0.778. The molecule has 1 N–H and O–H groups in total. The van der Waals surface area contributed by atoms with Crippen molar-refractivity contribution in [1.29, 1.82) is 0 Å². The van der Waals surface area contributed by atoms with E-state index in [-0.39, 0.29) is 6.04 Å². The number of methoxy groups -OCH3 is 2. The van der Waals surface area contributed by atoms with Gasteiger partial charge in [0.05, 0.1) is 13.7 Å². The molecule has 2 rings (SSSR count). The third-order valence-corrected chi connectivity index (χ3v) is 5.29. The number of thiophene rings is 1. The number of halogens is 1. The first-order valence-corrected chi connectivity index (χ1v) is 8.44. The summed E-state index contributed by atoms with van der Waals surface area (Å²) in [6.45, 7) is 3.57. The van der Waals surface area contributed by atoms with Gasteiger partial charge in [-0.2, -0.15) is 0 Å². The normalized spacial score (nSPS) is 12.4. The molecule has 0 saturated heterocycles. The van der Waals surface area contributed by atoms with Crippen LogP contribution in [0.25, 0.3) is 0 Å². The number of rotatable bonds is 7. The standard InChI is InChI=1S/C16H20BrNO2S/c1-11(18-9-16-14(17)6-7-21-16)12-4-5-15(20-3)13(8-12)10-19-2/h4-8,11,18H,9-10H2,1-3H3. The smallest absolute Gasteiger partial charge is 0.124 e. The van der Waals surface area contributed by atoms with Crippen LogP contribution in [0, 0.1) is 0 Å². The van der Waals surface area contributed by atoms with E-state index < -0.39 is 0 Å². The number of hydrogen-bond acceptors (Lipinski definition) is 4. The van der Waals surface area contributed by atoms with Crippen molar-refractivity contribution >= 4 is 27.3 Å². The fourth-order valence-corrected chi connectivity index (χ4v) is 3.59. The lowest BCUT2D eigenvalue weighted by Crippen LogP contribution is -2.18. The Morgan fingerprint density at radius 3 is 2.71 bits per heavy atom. The molecule has 0 aliphatic carbocycles. The lowest BCUT2D eigenvalue weighted by Gasteiger charge is -2.16. The molecule has 5 heteroatoms. The predicted molar refractivity (Wildman–Crippen MR) is 91.0 cm³/mol. The molecule has 0 fully saturated rings. The van der Waals surface area contributed by atoms with E-state index in [0.29, 0.717) is 6.61 Å². The third kappa shape index (κ3) is 4.30. The van der Waals surface area contributed by atoms with Crippen LogP contribution in [0.3, 0.4) is 0 Å². The van der Waals surface area contributed by atoms with Crippen LogP contribution < -0.4 is 10.1 Å². The van der Waals surface area contributed by atoms with Gasteiger partial charge < -0.3 is 14.8 Å². The molecule has 21 heavy (non-hydrogen) atoms. The molecule has 2 aromatic rings. The summed E-state index contributed by atoms with van der Waals surface area (Å²) in [6.07, 6.45) is 0. The van der Waals surface area contributed by atoms with Crippen LogP contribution in [0.1, 0.15) is 29.0 Å². The molecule has 0 saturated carbocycles. The Labute approximate surface area is 138 Å². The van der Waals surface area contributed by atoms with Crippen LogP contribution in [-0.2, 0) is 17.9 Å². The maximum atomic E-state index is 5.36. The SMILES string of the molecule is COCc1cc(C(C)NCc2sccc2Br)ccc1OC. The van der Waals surface area contributed by atoms with E-state index in [1.807, 2.05) is 6.07 Å². The predicted octanol–water partition coefficient (Wildman–Crippen LogP) is 4.52. The van der Waals surface area contributed by atoms with E-state index in [4.69, 9.17) is 9.47 Å². The van der Waals surface area contributed by atoms with Gasteiger partial charge in [0.2, 0.25) is 0 Å². The van der Waals surface area contributed by atoms with Gasteiger partial charge in [-0.3, -0.25) is 0 Å². The second-order valence-corrected chi connectivity index (χ2v) is 6.65. The number of ether oxygens (including phenoxy) is 2. The zero-order chi connectivity index (χ0) is 15.2. The molecule has 3 nitrogen and oxygen atoms in total. The Balaban J connectivity index is 2.06. The minimum atomic E-state index is 0.264. The van der Waals surface area contributed by atoms with Crippen LogP contribution in [0.2, 0.25) is 0 Å². The highest BCUT2D eigenvalue weighted by atomic mass is 79.9. The van der Waals surface area contributed by atoms with Gasteiger partial charge in [0.25, 0.3) is 0 Å². The Morgan fingerprint density at radius 1 is 1.29 bits per heavy atom. The highest BCUT2D eigenvalue weighted by Gasteiger charge is 2.10. The van der Waals surface area contributed by atoms with Gasteiger partial charge in [-0.15, -0.1) is 11.3 Å². The Hall–Kier alpha value is -0.880. The molecule has 0 bridgehead atoms. The van der Waals surface area contributed by atoms with Crippen LogP contribution >= 0.6 is 27.3 Å². The summed E-state index contributed by atoms with van der Waals surface area (Å²) in [6, 6.07) is 8.59. The first kappa shape index (κ1) is 16.5. The van der Waals surface area contributed by atoms with Crippen LogP contribution in [0.15, 0.2) is 34.1 Å². The van der Waals surface area contributed by atoms with E-state index in [1.54, 1.807) is 25.6 Å². The molecule has 0 spiro atoms. The summed E-state index contributed by atoms with van der Waals surface area (Å²) < 4.78 is 11.8. The molecule has 0 radical (unpaired) electrons. The first-order chi connectivity index (χ1) is 10.2. The van der Waals surface area contributed by atoms with Gasteiger partial charge >= 0.3 is 0 Å².